The molecule has 0 aliphatic heterocycles. The van der Waals surface area contributed by atoms with Crippen LogP contribution in [0.25, 0.3) is 0 Å². The topological polar surface area (TPSA) is 42.4 Å². The highest BCUT2D eigenvalue weighted by molar-refractivity contribution is 4.97. The van der Waals surface area contributed by atoms with E-state index in [1.807, 2.05) is 12.1 Å². The van der Waals surface area contributed by atoms with Crippen molar-refractivity contribution in [2.45, 2.75) is 46.6 Å². The summed E-state index contributed by atoms with van der Waals surface area (Å²) in [6.07, 6.45) is 5.44. The van der Waals surface area contributed by atoms with Crippen LogP contribution >= 0.6 is 0 Å². The number of rotatable bonds is 9. The van der Waals surface area contributed by atoms with Gasteiger partial charge in [0, 0.05) is 0 Å². The van der Waals surface area contributed by atoms with Crippen molar-refractivity contribution in [1.82, 2.24) is 4.90 Å². The number of hydrogen-bond acceptors (Lipinski definition) is 3. The van der Waals surface area contributed by atoms with E-state index in [2.05, 4.69) is 25.7 Å². The van der Waals surface area contributed by atoms with E-state index in [1.165, 1.54) is 19.3 Å². The Kier molecular flexibility index (Phi) is 6.44. The second kappa shape index (κ2) is 7.59. The molecule has 1 rings (SSSR count). The first kappa shape index (κ1) is 15.3. The van der Waals surface area contributed by atoms with Gasteiger partial charge in [-0.2, -0.15) is 0 Å². The van der Waals surface area contributed by atoms with Crippen molar-refractivity contribution >= 4 is 0 Å². The average Bonchev–Trinajstić information content (AvgIpc) is 2.86. The molecule has 1 aromatic rings. The van der Waals surface area contributed by atoms with Gasteiger partial charge in [-0.1, -0.05) is 27.2 Å². The van der Waals surface area contributed by atoms with Crippen molar-refractivity contribution in [1.29, 1.82) is 0 Å². The molecule has 0 radical (unpaired) electrons. The van der Waals surface area contributed by atoms with Crippen molar-refractivity contribution < 1.29 is 4.42 Å². The maximum absolute atomic E-state index is 5.74. The quantitative estimate of drug-likeness (QED) is 0.686. The fourth-order valence-corrected chi connectivity index (χ4v) is 2.01. The summed E-state index contributed by atoms with van der Waals surface area (Å²) in [5, 5.41) is 0. The Morgan fingerprint density at radius 3 is 2.67 bits per heavy atom. The van der Waals surface area contributed by atoms with E-state index in [4.69, 9.17) is 10.2 Å². The van der Waals surface area contributed by atoms with Gasteiger partial charge in [-0.15, -0.1) is 0 Å². The van der Waals surface area contributed by atoms with Gasteiger partial charge in [0.2, 0.25) is 0 Å². The summed E-state index contributed by atoms with van der Waals surface area (Å²) < 4.78 is 5.39. The molecule has 18 heavy (non-hydrogen) atoms. The van der Waals surface area contributed by atoms with Gasteiger partial charge in [-0.25, -0.2) is 0 Å². The Labute approximate surface area is 111 Å². The van der Waals surface area contributed by atoms with Crippen molar-refractivity contribution in [2.75, 3.05) is 19.6 Å². The van der Waals surface area contributed by atoms with E-state index >= 15 is 0 Å². The third kappa shape index (κ3) is 5.69. The van der Waals surface area contributed by atoms with E-state index in [-0.39, 0.29) is 5.41 Å². The van der Waals surface area contributed by atoms with Crippen molar-refractivity contribution in [3.8, 4) is 0 Å². The monoisotopic (exact) mass is 252 g/mol. The molecule has 1 aromatic heterocycles. The summed E-state index contributed by atoms with van der Waals surface area (Å²) >= 11 is 0. The van der Waals surface area contributed by atoms with Crippen molar-refractivity contribution in [3.63, 3.8) is 0 Å². The van der Waals surface area contributed by atoms with Gasteiger partial charge in [0.05, 0.1) is 12.8 Å². The highest BCUT2D eigenvalue weighted by Gasteiger charge is 2.14. The van der Waals surface area contributed by atoms with Crippen LogP contribution < -0.4 is 5.73 Å². The lowest BCUT2D eigenvalue weighted by Crippen LogP contribution is -2.26. The molecule has 3 nitrogen and oxygen atoms in total. The molecule has 0 unspecified atom stereocenters. The van der Waals surface area contributed by atoms with Gasteiger partial charge in [0.25, 0.3) is 0 Å². The van der Waals surface area contributed by atoms with Gasteiger partial charge < -0.3 is 10.2 Å². The molecule has 0 saturated heterocycles. The lowest BCUT2D eigenvalue weighted by atomic mass is 9.87. The molecule has 0 fully saturated rings. The highest BCUT2D eigenvalue weighted by atomic mass is 16.3. The molecule has 0 aromatic carbocycles. The first-order valence-electron chi connectivity index (χ1n) is 7.02. The standard InChI is InChI=1S/C15H28N2O/c1-4-17(12-14-8-7-11-18-14)10-6-5-9-15(2,3)13-16/h7-8,11H,4-6,9-10,12-13,16H2,1-3H3. The van der Waals surface area contributed by atoms with Gasteiger partial charge in [0.1, 0.15) is 5.76 Å². The molecule has 104 valence electrons. The van der Waals surface area contributed by atoms with Crippen LogP contribution in [0.15, 0.2) is 22.8 Å². The lowest BCUT2D eigenvalue weighted by Gasteiger charge is -2.23. The number of unbranched alkanes of at least 4 members (excludes halogenated alkanes) is 1. The summed E-state index contributed by atoms with van der Waals surface area (Å²) in [6.45, 7) is 10.6. The van der Waals surface area contributed by atoms with Crippen LogP contribution in [-0.4, -0.2) is 24.5 Å². The van der Waals surface area contributed by atoms with Crippen LogP contribution in [-0.2, 0) is 6.54 Å². The van der Waals surface area contributed by atoms with Crippen molar-refractivity contribution in [2.24, 2.45) is 11.1 Å². The molecular weight excluding hydrogens is 224 g/mol. The SMILES string of the molecule is CCN(CCCCC(C)(C)CN)Cc1ccco1. The molecular formula is C15H28N2O. The lowest BCUT2D eigenvalue weighted by molar-refractivity contribution is 0.241. The summed E-state index contributed by atoms with van der Waals surface area (Å²) in [5.74, 6) is 1.05. The molecule has 0 aliphatic rings. The Balaban J connectivity index is 2.20. The van der Waals surface area contributed by atoms with Crippen LogP contribution in [0, 0.1) is 5.41 Å². The largest absolute Gasteiger partial charge is 0.468 e. The summed E-state index contributed by atoms with van der Waals surface area (Å²) in [6, 6.07) is 3.99. The second-order valence-corrected chi connectivity index (χ2v) is 5.77. The Hall–Kier alpha value is -0.800. The predicted molar refractivity (Wildman–Crippen MR) is 76.3 cm³/mol. The Bertz CT molecular complexity index is 306. The molecule has 2 N–H and O–H groups in total. The molecule has 0 amide bonds. The van der Waals surface area contributed by atoms with Crippen molar-refractivity contribution in [3.05, 3.63) is 24.2 Å². The molecule has 0 aliphatic carbocycles. The predicted octanol–water partition coefficient (Wildman–Crippen LogP) is 3.26. The first-order valence-corrected chi connectivity index (χ1v) is 7.02. The van der Waals surface area contributed by atoms with E-state index in [1.54, 1.807) is 6.26 Å². The van der Waals surface area contributed by atoms with Gasteiger partial charge in [0.15, 0.2) is 0 Å². The Morgan fingerprint density at radius 1 is 1.33 bits per heavy atom. The van der Waals surface area contributed by atoms with Gasteiger partial charge in [-0.3, -0.25) is 4.90 Å². The first-order chi connectivity index (χ1) is 8.57. The molecule has 0 spiro atoms. The van der Waals surface area contributed by atoms with E-state index in [9.17, 15) is 0 Å². The molecule has 1 heterocycles. The van der Waals surface area contributed by atoms with Crippen LogP contribution in [0.2, 0.25) is 0 Å². The van der Waals surface area contributed by atoms with Crippen LogP contribution in [0.4, 0.5) is 0 Å². The zero-order chi connectivity index (χ0) is 13.4. The van der Waals surface area contributed by atoms with Crippen LogP contribution in [0.5, 0.6) is 0 Å². The Morgan fingerprint density at radius 2 is 2.11 bits per heavy atom. The number of furan rings is 1. The molecule has 0 bridgehead atoms. The number of nitrogens with zero attached hydrogens (tertiary/aromatic N) is 1. The minimum Gasteiger partial charge on any atom is -0.468 e. The number of hydrogen-bond donors (Lipinski definition) is 1. The maximum atomic E-state index is 5.74. The zero-order valence-corrected chi connectivity index (χ0v) is 12.1. The summed E-state index contributed by atoms with van der Waals surface area (Å²) in [5.41, 5.74) is 6.03. The molecule has 0 saturated carbocycles. The van der Waals surface area contributed by atoms with Crippen LogP contribution in [0.3, 0.4) is 0 Å². The minimum absolute atomic E-state index is 0.290. The third-order valence-electron chi connectivity index (χ3n) is 3.54. The average molecular weight is 252 g/mol. The molecule has 3 heteroatoms. The zero-order valence-electron chi connectivity index (χ0n) is 12.1. The minimum atomic E-state index is 0.290. The summed E-state index contributed by atoms with van der Waals surface area (Å²) in [4.78, 5) is 2.42. The fourth-order valence-electron chi connectivity index (χ4n) is 2.01. The normalized spacial score (nSPS) is 12.3. The fraction of sp³-hybridized carbons (Fsp3) is 0.733. The van der Waals surface area contributed by atoms with Crippen LogP contribution in [0.1, 0.15) is 45.8 Å². The number of nitrogens with two attached hydrogens (primary N) is 1. The molecule has 0 atom stereocenters. The van der Waals surface area contributed by atoms with E-state index < -0.39 is 0 Å². The smallest absolute Gasteiger partial charge is 0.117 e. The second-order valence-electron chi connectivity index (χ2n) is 5.77. The van der Waals surface area contributed by atoms with Gasteiger partial charge >= 0.3 is 0 Å². The third-order valence-corrected chi connectivity index (χ3v) is 3.54. The maximum Gasteiger partial charge on any atom is 0.117 e. The van der Waals surface area contributed by atoms with E-state index in [0.29, 0.717) is 0 Å². The van der Waals surface area contributed by atoms with Gasteiger partial charge in [-0.05, 0) is 50.0 Å². The summed E-state index contributed by atoms with van der Waals surface area (Å²) in [7, 11) is 0. The van der Waals surface area contributed by atoms with E-state index in [0.717, 1.165) is 31.9 Å². The highest BCUT2D eigenvalue weighted by Crippen LogP contribution is 2.21.